The third-order valence-corrected chi connectivity index (χ3v) is 3.35. The van der Waals surface area contributed by atoms with Gasteiger partial charge in [0.1, 0.15) is 5.52 Å². The Morgan fingerprint density at radius 3 is 3.18 bits per heavy atom. The van der Waals surface area contributed by atoms with Gasteiger partial charge in [0.15, 0.2) is 5.58 Å². The molecule has 0 radical (unpaired) electrons. The van der Waals surface area contributed by atoms with E-state index < -0.39 is 0 Å². The van der Waals surface area contributed by atoms with Crippen molar-refractivity contribution in [1.29, 1.82) is 0 Å². The van der Waals surface area contributed by atoms with E-state index in [0.717, 1.165) is 30.2 Å². The molecule has 4 heteroatoms. The van der Waals surface area contributed by atoms with Crippen molar-refractivity contribution in [3.63, 3.8) is 0 Å². The second-order valence-corrected chi connectivity index (χ2v) is 4.51. The first kappa shape index (κ1) is 10.6. The smallest absolute Gasteiger partial charge is 0.298 e. The molecule has 4 nitrogen and oxygen atoms in total. The molecule has 1 N–H and O–H groups in total. The van der Waals surface area contributed by atoms with Crippen molar-refractivity contribution in [1.82, 2.24) is 10.3 Å². The van der Waals surface area contributed by atoms with Crippen LogP contribution in [0.5, 0.6) is 0 Å². The van der Waals surface area contributed by atoms with E-state index in [1.165, 1.54) is 12.8 Å². The summed E-state index contributed by atoms with van der Waals surface area (Å²) in [6, 6.07) is 9.20. The second kappa shape index (κ2) is 4.37. The minimum atomic E-state index is 0.507. The van der Waals surface area contributed by atoms with Crippen LogP contribution in [0, 0.1) is 0 Å². The van der Waals surface area contributed by atoms with Gasteiger partial charge >= 0.3 is 0 Å². The SMILES string of the molecule is CNCC1CCCN1c1nc2ccccc2o1. The summed E-state index contributed by atoms with van der Waals surface area (Å²) in [4.78, 5) is 6.83. The Kier molecular flexibility index (Phi) is 2.73. The summed E-state index contributed by atoms with van der Waals surface area (Å²) in [5.41, 5.74) is 1.82. The van der Waals surface area contributed by atoms with E-state index >= 15 is 0 Å². The van der Waals surface area contributed by atoms with Crippen LogP contribution in [0.2, 0.25) is 0 Å². The number of nitrogens with one attached hydrogen (secondary N) is 1. The zero-order chi connectivity index (χ0) is 11.7. The molecule has 1 aromatic carbocycles. The van der Waals surface area contributed by atoms with Gasteiger partial charge in [-0.25, -0.2) is 0 Å². The van der Waals surface area contributed by atoms with E-state index in [9.17, 15) is 0 Å². The maximum Gasteiger partial charge on any atom is 0.298 e. The lowest BCUT2D eigenvalue weighted by Gasteiger charge is -2.22. The zero-order valence-corrected chi connectivity index (χ0v) is 10.0. The Morgan fingerprint density at radius 1 is 1.47 bits per heavy atom. The lowest BCUT2D eigenvalue weighted by Crippen LogP contribution is -2.36. The Bertz CT molecular complexity index is 475. The van der Waals surface area contributed by atoms with Crippen LogP contribution in [0.25, 0.3) is 11.1 Å². The minimum Gasteiger partial charge on any atom is -0.423 e. The first-order valence-electron chi connectivity index (χ1n) is 6.15. The highest BCUT2D eigenvalue weighted by atomic mass is 16.4. The van der Waals surface area contributed by atoms with Crippen LogP contribution in [0.15, 0.2) is 28.7 Å². The lowest BCUT2D eigenvalue weighted by molar-refractivity contribution is 0.535. The molecule has 0 bridgehead atoms. The van der Waals surface area contributed by atoms with Crippen LogP contribution in [0.4, 0.5) is 6.01 Å². The van der Waals surface area contributed by atoms with Gasteiger partial charge < -0.3 is 14.6 Å². The van der Waals surface area contributed by atoms with Crippen molar-refractivity contribution in [2.75, 3.05) is 25.0 Å². The third kappa shape index (κ3) is 1.89. The molecule has 0 saturated carbocycles. The number of benzene rings is 1. The molecule has 2 aromatic rings. The molecule has 1 unspecified atom stereocenters. The average molecular weight is 231 g/mol. The molecule has 0 amide bonds. The molecule has 1 atom stereocenters. The Balaban J connectivity index is 1.92. The van der Waals surface area contributed by atoms with E-state index in [4.69, 9.17) is 4.42 Å². The predicted molar refractivity (Wildman–Crippen MR) is 68.3 cm³/mol. The molecule has 0 aliphatic carbocycles. The van der Waals surface area contributed by atoms with Gasteiger partial charge in [-0.1, -0.05) is 12.1 Å². The number of rotatable bonds is 3. The monoisotopic (exact) mass is 231 g/mol. The number of fused-ring (bicyclic) bond motifs is 1. The maximum absolute atomic E-state index is 5.82. The van der Waals surface area contributed by atoms with Crippen molar-refractivity contribution >= 4 is 17.1 Å². The fraction of sp³-hybridized carbons (Fsp3) is 0.462. The molecule has 3 rings (SSSR count). The summed E-state index contributed by atoms with van der Waals surface area (Å²) in [5, 5.41) is 3.23. The van der Waals surface area contributed by atoms with Crippen molar-refractivity contribution in [3.8, 4) is 0 Å². The van der Waals surface area contributed by atoms with Gasteiger partial charge in [0, 0.05) is 19.1 Å². The van der Waals surface area contributed by atoms with Gasteiger partial charge in [-0.15, -0.1) is 0 Å². The normalized spacial score (nSPS) is 20.3. The number of anilines is 1. The zero-order valence-electron chi connectivity index (χ0n) is 10.0. The van der Waals surface area contributed by atoms with Gasteiger partial charge in [-0.05, 0) is 32.0 Å². The summed E-state index contributed by atoms with van der Waals surface area (Å²) in [7, 11) is 1.99. The number of nitrogens with zero attached hydrogens (tertiary/aromatic N) is 2. The minimum absolute atomic E-state index is 0.507. The number of aromatic nitrogens is 1. The van der Waals surface area contributed by atoms with E-state index in [2.05, 4.69) is 15.2 Å². The number of hydrogen-bond acceptors (Lipinski definition) is 4. The molecule has 1 aliphatic rings. The molecule has 1 aromatic heterocycles. The molecule has 0 spiro atoms. The van der Waals surface area contributed by atoms with Gasteiger partial charge in [0.2, 0.25) is 0 Å². The molecule has 17 heavy (non-hydrogen) atoms. The van der Waals surface area contributed by atoms with Gasteiger partial charge in [0.05, 0.1) is 0 Å². The van der Waals surface area contributed by atoms with E-state index in [1.807, 2.05) is 31.3 Å². The molecule has 1 saturated heterocycles. The summed E-state index contributed by atoms with van der Waals surface area (Å²) >= 11 is 0. The van der Waals surface area contributed by atoms with Crippen molar-refractivity contribution in [3.05, 3.63) is 24.3 Å². The standard InChI is InChI=1S/C13H17N3O/c1-14-9-10-5-4-8-16(10)13-15-11-6-2-3-7-12(11)17-13/h2-3,6-7,10,14H,4-5,8-9H2,1H3. The highest BCUT2D eigenvalue weighted by Crippen LogP contribution is 2.27. The first-order valence-corrected chi connectivity index (χ1v) is 6.15. The fourth-order valence-corrected chi connectivity index (χ4v) is 2.52. The highest BCUT2D eigenvalue weighted by molar-refractivity contribution is 5.74. The van der Waals surface area contributed by atoms with E-state index in [-0.39, 0.29) is 0 Å². The molecule has 2 heterocycles. The summed E-state index contributed by atoms with van der Waals surface area (Å²) in [6.07, 6.45) is 2.42. The summed E-state index contributed by atoms with van der Waals surface area (Å²) in [5.74, 6) is 0. The largest absolute Gasteiger partial charge is 0.423 e. The summed E-state index contributed by atoms with van der Waals surface area (Å²) < 4.78 is 5.82. The molecule has 90 valence electrons. The van der Waals surface area contributed by atoms with Crippen LogP contribution in [0.3, 0.4) is 0 Å². The van der Waals surface area contributed by atoms with E-state index in [1.54, 1.807) is 0 Å². The van der Waals surface area contributed by atoms with Gasteiger partial charge in [-0.3, -0.25) is 0 Å². The highest BCUT2D eigenvalue weighted by Gasteiger charge is 2.27. The Morgan fingerprint density at radius 2 is 2.35 bits per heavy atom. The summed E-state index contributed by atoms with van der Waals surface area (Å²) in [6.45, 7) is 2.03. The Hall–Kier alpha value is -1.55. The number of hydrogen-bond donors (Lipinski definition) is 1. The van der Waals surface area contributed by atoms with E-state index in [0.29, 0.717) is 6.04 Å². The second-order valence-electron chi connectivity index (χ2n) is 4.51. The Labute approximate surface area is 101 Å². The van der Waals surface area contributed by atoms with Crippen LogP contribution in [-0.2, 0) is 0 Å². The van der Waals surface area contributed by atoms with Crippen LogP contribution in [-0.4, -0.2) is 31.2 Å². The first-order chi connectivity index (χ1) is 8.38. The average Bonchev–Trinajstić information content (AvgIpc) is 2.94. The number of oxazole rings is 1. The molecule has 1 fully saturated rings. The number of para-hydroxylation sites is 2. The van der Waals surface area contributed by atoms with Crippen molar-refractivity contribution in [2.45, 2.75) is 18.9 Å². The molecule has 1 aliphatic heterocycles. The van der Waals surface area contributed by atoms with Crippen LogP contribution < -0.4 is 10.2 Å². The number of likely N-dealkylation sites (N-methyl/N-ethyl adjacent to an activating group) is 1. The van der Waals surface area contributed by atoms with Gasteiger partial charge in [0.25, 0.3) is 6.01 Å². The van der Waals surface area contributed by atoms with Crippen LogP contribution in [0.1, 0.15) is 12.8 Å². The van der Waals surface area contributed by atoms with Crippen molar-refractivity contribution in [2.24, 2.45) is 0 Å². The van der Waals surface area contributed by atoms with Crippen molar-refractivity contribution < 1.29 is 4.42 Å². The maximum atomic E-state index is 5.82. The predicted octanol–water partition coefficient (Wildman–Crippen LogP) is 2.02. The molecular weight excluding hydrogens is 214 g/mol. The topological polar surface area (TPSA) is 41.3 Å². The quantitative estimate of drug-likeness (QED) is 0.877. The molecular formula is C13H17N3O. The lowest BCUT2D eigenvalue weighted by atomic mass is 10.2. The fourth-order valence-electron chi connectivity index (χ4n) is 2.52. The van der Waals surface area contributed by atoms with Crippen LogP contribution >= 0.6 is 0 Å². The third-order valence-electron chi connectivity index (χ3n) is 3.35. The van der Waals surface area contributed by atoms with Gasteiger partial charge in [-0.2, -0.15) is 4.98 Å².